The molecule has 8 nitrogen and oxygen atoms in total. The molecular formula is C25H15F2N5O3. The molecule has 0 spiro atoms. The van der Waals surface area contributed by atoms with Crippen molar-refractivity contribution < 1.29 is 23.5 Å². The van der Waals surface area contributed by atoms with Crippen molar-refractivity contribution in [3.05, 3.63) is 102 Å². The van der Waals surface area contributed by atoms with Crippen molar-refractivity contribution in [3.63, 3.8) is 0 Å². The quantitative estimate of drug-likeness (QED) is 0.393. The number of imidazole rings is 1. The molecule has 0 aliphatic rings. The predicted octanol–water partition coefficient (Wildman–Crippen LogP) is 5.06. The van der Waals surface area contributed by atoms with Crippen molar-refractivity contribution in [2.75, 3.05) is 4.90 Å². The van der Waals surface area contributed by atoms with Gasteiger partial charge in [-0.15, -0.1) is 0 Å². The number of pyridine rings is 1. The lowest BCUT2D eigenvalue weighted by atomic mass is 10.1. The molecule has 3 aromatic heterocycles. The van der Waals surface area contributed by atoms with Crippen molar-refractivity contribution >= 4 is 23.5 Å². The van der Waals surface area contributed by atoms with Crippen LogP contribution < -0.4 is 4.90 Å². The summed E-state index contributed by atoms with van der Waals surface area (Å²) in [6.45, 7) is 0. The molecule has 0 unspecified atom stereocenters. The number of rotatable bonds is 4. The van der Waals surface area contributed by atoms with E-state index in [-0.39, 0.29) is 11.4 Å². The van der Waals surface area contributed by atoms with Crippen molar-refractivity contribution in [2.24, 2.45) is 0 Å². The molecule has 0 aliphatic heterocycles. The van der Waals surface area contributed by atoms with Crippen LogP contribution in [0.5, 0.6) is 0 Å². The van der Waals surface area contributed by atoms with Crippen LogP contribution in [0.15, 0.2) is 85.2 Å². The fourth-order valence-electron chi connectivity index (χ4n) is 3.66. The second-order valence-electron chi connectivity index (χ2n) is 7.44. The molecule has 0 saturated heterocycles. The van der Waals surface area contributed by atoms with Crippen LogP contribution >= 0.6 is 0 Å². The maximum atomic E-state index is 13.5. The van der Waals surface area contributed by atoms with E-state index in [9.17, 15) is 23.5 Å². The summed E-state index contributed by atoms with van der Waals surface area (Å²) < 4.78 is 28.4. The SMILES string of the molecule is O=C(O)N(C(=O)c1ccc(F)cc1)c1cc(-c2c(-c3ccc(F)cc3)nc3cccnn23)ccn1. The van der Waals surface area contributed by atoms with Crippen molar-refractivity contribution in [1.82, 2.24) is 19.6 Å². The summed E-state index contributed by atoms with van der Waals surface area (Å²) in [6, 6.07) is 16.8. The van der Waals surface area contributed by atoms with Gasteiger partial charge in [0, 0.05) is 29.1 Å². The minimum Gasteiger partial charge on any atom is -0.464 e. The van der Waals surface area contributed by atoms with Gasteiger partial charge in [-0.1, -0.05) is 0 Å². The van der Waals surface area contributed by atoms with Crippen LogP contribution in [0.4, 0.5) is 19.4 Å². The molecule has 3 heterocycles. The largest absolute Gasteiger partial charge is 0.464 e. The van der Waals surface area contributed by atoms with E-state index in [2.05, 4.69) is 15.1 Å². The van der Waals surface area contributed by atoms with Gasteiger partial charge in [-0.25, -0.2) is 28.1 Å². The standard InChI is InChI=1S/C25H15F2N5O3/c26-18-7-3-15(4-8-18)22-23(32-20(30-22)2-1-12-29-32)17-11-13-28-21(14-17)31(25(34)35)24(33)16-5-9-19(27)10-6-16/h1-14H,(H,34,35). The van der Waals surface area contributed by atoms with E-state index in [4.69, 9.17) is 0 Å². The van der Waals surface area contributed by atoms with Crippen LogP contribution in [0.1, 0.15) is 10.4 Å². The average molecular weight is 471 g/mol. The lowest BCUT2D eigenvalue weighted by molar-refractivity contribution is 0.0982. The lowest BCUT2D eigenvalue weighted by Gasteiger charge is -2.17. The number of fused-ring (bicyclic) bond motifs is 1. The Balaban J connectivity index is 1.65. The van der Waals surface area contributed by atoms with Crippen LogP contribution in [-0.2, 0) is 0 Å². The van der Waals surface area contributed by atoms with Gasteiger partial charge in [-0.05, 0) is 72.8 Å². The zero-order chi connectivity index (χ0) is 24.5. The van der Waals surface area contributed by atoms with Gasteiger partial charge in [0.2, 0.25) is 0 Å². The molecule has 1 N–H and O–H groups in total. The maximum absolute atomic E-state index is 13.5. The first kappa shape index (κ1) is 21.8. The van der Waals surface area contributed by atoms with E-state index in [1.165, 1.54) is 36.5 Å². The Labute approximate surface area is 196 Å². The van der Waals surface area contributed by atoms with Gasteiger partial charge in [0.1, 0.15) is 23.1 Å². The third kappa shape index (κ3) is 4.08. The average Bonchev–Trinajstić information content (AvgIpc) is 3.24. The molecule has 0 aliphatic carbocycles. The molecule has 10 heteroatoms. The van der Waals surface area contributed by atoms with Crippen LogP contribution in [0.25, 0.3) is 28.2 Å². The predicted molar refractivity (Wildman–Crippen MR) is 123 cm³/mol. The first-order valence-electron chi connectivity index (χ1n) is 10.3. The fraction of sp³-hybridized carbons (Fsp3) is 0. The number of imide groups is 1. The van der Waals surface area contributed by atoms with E-state index in [0.717, 1.165) is 12.1 Å². The number of hydrogen-bond acceptors (Lipinski definition) is 5. The number of halogens is 2. The maximum Gasteiger partial charge on any atom is 0.420 e. The smallest absolute Gasteiger partial charge is 0.420 e. The summed E-state index contributed by atoms with van der Waals surface area (Å²) in [5.41, 5.74) is 2.55. The summed E-state index contributed by atoms with van der Waals surface area (Å²) in [6.07, 6.45) is 1.37. The molecule has 5 aromatic rings. The molecule has 172 valence electrons. The highest BCUT2D eigenvalue weighted by Gasteiger charge is 2.27. The minimum absolute atomic E-state index is 0.0236. The molecule has 0 radical (unpaired) electrons. The topological polar surface area (TPSA) is 101 Å². The highest BCUT2D eigenvalue weighted by molar-refractivity contribution is 6.18. The fourth-order valence-corrected chi connectivity index (χ4v) is 3.66. The van der Waals surface area contributed by atoms with E-state index in [1.54, 1.807) is 41.0 Å². The molecule has 35 heavy (non-hydrogen) atoms. The number of carbonyl (C=O) groups is 2. The number of aromatic nitrogens is 4. The molecule has 0 atom stereocenters. The van der Waals surface area contributed by atoms with Crippen molar-refractivity contribution in [2.45, 2.75) is 0 Å². The van der Waals surface area contributed by atoms with E-state index >= 15 is 0 Å². The van der Waals surface area contributed by atoms with E-state index in [0.29, 0.717) is 33.1 Å². The number of nitrogens with zero attached hydrogens (tertiary/aromatic N) is 5. The number of amides is 2. The van der Waals surface area contributed by atoms with Crippen LogP contribution in [-0.4, -0.2) is 36.7 Å². The van der Waals surface area contributed by atoms with Crippen molar-refractivity contribution in [1.29, 1.82) is 0 Å². The monoisotopic (exact) mass is 471 g/mol. The zero-order valence-electron chi connectivity index (χ0n) is 17.8. The highest BCUT2D eigenvalue weighted by Crippen LogP contribution is 2.33. The van der Waals surface area contributed by atoms with E-state index < -0.39 is 23.6 Å². The van der Waals surface area contributed by atoms with Gasteiger partial charge < -0.3 is 5.11 Å². The number of benzene rings is 2. The summed E-state index contributed by atoms with van der Waals surface area (Å²) in [4.78, 5) is 34.2. The Kier molecular flexibility index (Phi) is 5.46. The van der Waals surface area contributed by atoms with Crippen LogP contribution in [0.2, 0.25) is 0 Å². The van der Waals surface area contributed by atoms with Crippen molar-refractivity contribution in [3.8, 4) is 22.5 Å². The third-order valence-corrected chi connectivity index (χ3v) is 5.24. The Morgan fingerprint density at radius 3 is 2.23 bits per heavy atom. The molecule has 0 fully saturated rings. The minimum atomic E-state index is -1.56. The lowest BCUT2D eigenvalue weighted by Crippen LogP contribution is -2.36. The van der Waals surface area contributed by atoms with Crippen LogP contribution in [0, 0.1) is 11.6 Å². The number of carboxylic acid groups (broad SMARTS) is 1. The molecule has 2 amide bonds. The summed E-state index contributed by atoms with van der Waals surface area (Å²) in [5.74, 6) is -2.02. The second-order valence-corrected chi connectivity index (χ2v) is 7.44. The van der Waals surface area contributed by atoms with Gasteiger partial charge in [0.05, 0.1) is 5.69 Å². The summed E-state index contributed by atoms with van der Waals surface area (Å²) in [7, 11) is 0. The Bertz CT molecular complexity index is 1570. The van der Waals surface area contributed by atoms with Gasteiger partial charge in [0.15, 0.2) is 5.65 Å². The first-order valence-corrected chi connectivity index (χ1v) is 10.3. The molecule has 2 aromatic carbocycles. The molecule has 0 bridgehead atoms. The van der Waals surface area contributed by atoms with Gasteiger partial charge in [0.25, 0.3) is 5.91 Å². The Hall–Kier alpha value is -4.99. The Morgan fingerprint density at radius 1 is 0.857 bits per heavy atom. The number of carbonyl (C=O) groups excluding carboxylic acids is 1. The molecular weight excluding hydrogens is 456 g/mol. The Morgan fingerprint density at radius 2 is 1.54 bits per heavy atom. The van der Waals surface area contributed by atoms with Gasteiger partial charge in [-0.3, -0.25) is 4.79 Å². The second kappa shape index (κ2) is 8.75. The zero-order valence-corrected chi connectivity index (χ0v) is 17.8. The normalized spacial score (nSPS) is 10.9. The molecule has 5 rings (SSSR count). The van der Waals surface area contributed by atoms with Gasteiger partial charge in [-0.2, -0.15) is 10.00 Å². The first-order chi connectivity index (χ1) is 16.9. The van der Waals surface area contributed by atoms with Crippen LogP contribution in [0.3, 0.4) is 0 Å². The number of hydrogen-bond donors (Lipinski definition) is 1. The highest BCUT2D eigenvalue weighted by atomic mass is 19.1. The summed E-state index contributed by atoms with van der Waals surface area (Å²) in [5, 5.41) is 14.1. The molecule has 0 saturated carbocycles. The summed E-state index contributed by atoms with van der Waals surface area (Å²) >= 11 is 0. The van der Waals surface area contributed by atoms with Gasteiger partial charge >= 0.3 is 6.09 Å². The van der Waals surface area contributed by atoms with E-state index in [1.807, 2.05) is 0 Å². The third-order valence-electron chi connectivity index (χ3n) is 5.24. The number of anilines is 1.